The second kappa shape index (κ2) is 12.3. The first kappa shape index (κ1) is 28.5. The molecule has 0 aliphatic carbocycles. The number of hydrogen-bond donors (Lipinski definition) is 2. The van der Waals surface area contributed by atoms with Crippen LogP contribution in [0.1, 0.15) is 30.5 Å². The minimum Gasteiger partial charge on any atom is -0.449 e. The Morgan fingerprint density at radius 3 is 2.79 bits per heavy atom. The van der Waals surface area contributed by atoms with Gasteiger partial charge in [0, 0.05) is 43.2 Å². The molecule has 220 valence electrons. The maximum absolute atomic E-state index is 13.5. The molecule has 2 N–H and O–H groups in total. The average molecular weight is 623 g/mol. The number of pyridine rings is 1. The molecule has 0 unspecified atom stereocenters. The predicted molar refractivity (Wildman–Crippen MR) is 156 cm³/mol. The van der Waals surface area contributed by atoms with E-state index in [2.05, 4.69) is 35.8 Å². The molecule has 0 radical (unpaired) electrons. The molecule has 1 aliphatic heterocycles. The van der Waals surface area contributed by atoms with Crippen molar-refractivity contribution >= 4 is 35.0 Å². The highest BCUT2D eigenvalue weighted by molar-refractivity contribution is 6.32. The van der Waals surface area contributed by atoms with Crippen LogP contribution in [0.25, 0.3) is 28.3 Å². The molecule has 0 fully saturated rings. The summed E-state index contributed by atoms with van der Waals surface area (Å²) in [5.74, 6) is 1.11. The van der Waals surface area contributed by atoms with Crippen LogP contribution in [0.2, 0.25) is 10.2 Å². The van der Waals surface area contributed by atoms with E-state index < -0.39 is 12.1 Å². The number of aryl methyl sites for hydroxylation is 1. The second-order valence-corrected chi connectivity index (χ2v) is 10.4. The highest BCUT2D eigenvalue weighted by Gasteiger charge is 2.30. The first-order valence-corrected chi connectivity index (χ1v) is 14.0. The predicted octanol–water partition coefficient (Wildman–Crippen LogP) is 4.10. The molecular formula is C27H24Cl2N10O4. The molecule has 1 aliphatic rings. The van der Waals surface area contributed by atoms with Crippen LogP contribution in [0.15, 0.2) is 53.7 Å². The zero-order valence-electron chi connectivity index (χ0n) is 22.7. The number of nitrogens with one attached hydrogen (secondary N) is 2. The molecule has 0 bridgehead atoms. The van der Waals surface area contributed by atoms with E-state index in [9.17, 15) is 9.59 Å². The van der Waals surface area contributed by atoms with Crippen LogP contribution in [-0.2, 0) is 15.9 Å². The molecule has 0 saturated heterocycles. The van der Waals surface area contributed by atoms with E-state index in [-0.39, 0.29) is 17.3 Å². The third-order valence-electron chi connectivity index (χ3n) is 6.78. The Balaban J connectivity index is 1.23. The molecule has 14 nitrogen and oxygen atoms in total. The van der Waals surface area contributed by atoms with Crippen LogP contribution in [0, 0.1) is 0 Å². The van der Waals surface area contributed by atoms with E-state index in [1.807, 2.05) is 0 Å². The second-order valence-electron chi connectivity index (χ2n) is 9.56. The number of nitrogens with zero attached hydrogens (tertiary/aromatic N) is 8. The number of carbonyl (C=O) groups is 1. The molecule has 6 rings (SSSR count). The van der Waals surface area contributed by atoms with Gasteiger partial charge in [-0.05, 0) is 47.2 Å². The average Bonchev–Trinajstić information content (AvgIpc) is 3.76. The van der Waals surface area contributed by atoms with Gasteiger partial charge in [0.05, 0.1) is 41.6 Å². The van der Waals surface area contributed by atoms with Crippen molar-refractivity contribution in [2.75, 3.05) is 25.6 Å². The largest absolute Gasteiger partial charge is 0.449 e. The van der Waals surface area contributed by atoms with Crippen LogP contribution in [-0.4, -0.2) is 71.1 Å². The Kier molecular flexibility index (Phi) is 8.13. The van der Waals surface area contributed by atoms with E-state index in [0.29, 0.717) is 76.6 Å². The molecular weight excluding hydrogens is 599 g/mol. The number of H-pyrrole nitrogens is 1. The number of methoxy groups -OCH3 is 1. The number of carbonyl (C=O) groups excluding carboxylic acids is 1. The number of hydrogen-bond acceptors (Lipinski definition) is 10. The van der Waals surface area contributed by atoms with Crippen molar-refractivity contribution in [2.24, 2.45) is 0 Å². The molecule has 1 aromatic carbocycles. The van der Waals surface area contributed by atoms with E-state index in [1.54, 1.807) is 42.0 Å². The van der Waals surface area contributed by atoms with Crippen molar-refractivity contribution in [3.05, 3.63) is 81.1 Å². The van der Waals surface area contributed by atoms with Gasteiger partial charge in [-0.15, -0.1) is 5.10 Å². The first-order valence-electron chi connectivity index (χ1n) is 13.2. The molecule has 4 aromatic heterocycles. The van der Waals surface area contributed by atoms with Gasteiger partial charge in [0.15, 0.2) is 0 Å². The standard InChI is InChI=1S/C27H24Cl2N10O4/c1-42-9-2-10-43-27(41)32-16-4-5-18(30-13-16)24-25(29)35-26(34-24)21-7-8-22-33-19(12-23(40)39(21)22)17-11-15(28)3-6-20(17)38-14-31-36-37-38/h3-6,11-14,21H,2,7-10H2,1H3,(H,32,41)(H,34,35)/t21-/m0/s1. The van der Waals surface area contributed by atoms with Crippen molar-refractivity contribution in [1.29, 1.82) is 0 Å². The maximum Gasteiger partial charge on any atom is 0.411 e. The summed E-state index contributed by atoms with van der Waals surface area (Å²) in [7, 11) is 1.58. The highest BCUT2D eigenvalue weighted by atomic mass is 35.5. The number of fused-ring (bicyclic) bond motifs is 1. The Morgan fingerprint density at radius 1 is 1.14 bits per heavy atom. The minimum atomic E-state index is -0.588. The van der Waals surface area contributed by atoms with Crippen molar-refractivity contribution < 1.29 is 14.3 Å². The third kappa shape index (κ3) is 5.98. The van der Waals surface area contributed by atoms with Crippen molar-refractivity contribution in [1.82, 2.24) is 44.7 Å². The molecule has 0 spiro atoms. The van der Waals surface area contributed by atoms with Gasteiger partial charge in [0.1, 0.15) is 28.8 Å². The van der Waals surface area contributed by atoms with Crippen LogP contribution in [0.3, 0.4) is 0 Å². The van der Waals surface area contributed by atoms with Gasteiger partial charge in [-0.1, -0.05) is 23.2 Å². The number of ether oxygens (including phenoxy) is 2. The Hall–Kier alpha value is -4.66. The molecule has 0 saturated carbocycles. The summed E-state index contributed by atoms with van der Waals surface area (Å²) in [6.07, 6.45) is 4.09. The number of anilines is 1. The van der Waals surface area contributed by atoms with Gasteiger partial charge < -0.3 is 14.5 Å². The van der Waals surface area contributed by atoms with E-state index >= 15 is 0 Å². The van der Waals surface area contributed by atoms with Gasteiger partial charge >= 0.3 is 6.09 Å². The van der Waals surface area contributed by atoms with Crippen molar-refractivity contribution in [3.8, 4) is 28.3 Å². The van der Waals surface area contributed by atoms with Crippen LogP contribution in [0.5, 0.6) is 0 Å². The lowest BCUT2D eigenvalue weighted by Crippen LogP contribution is -2.25. The Morgan fingerprint density at radius 2 is 2.02 bits per heavy atom. The Labute approximate surface area is 254 Å². The monoisotopic (exact) mass is 622 g/mol. The fraction of sp³-hybridized carbons (Fsp3) is 0.259. The zero-order chi connectivity index (χ0) is 29.9. The number of aromatic nitrogens is 9. The van der Waals surface area contributed by atoms with Gasteiger partial charge in [-0.2, -0.15) is 4.68 Å². The smallest absolute Gasteiger partial charge is 0.411 e. The van der Waals surface area contributed by atoms with Gasteiger partial charge in [-0.25, -0.2) is 14.8 Å². The fourth-order valence-corrected chi connectivity index (χ4v) is 5.26. The topological polar surface area (TPSA) is 168 Å². The van der Waals surface area contributed by atoms with Crippen molar-refractivity contribution in [2.45, 2.75) is 25.3 Å². The summed E-state index contributed by atoms with van der Waals surface area (Å²) >= 11 is 12.8. The molecule has 16 heteroatoms. The summed E-state index contributed by atoms with van der Waals surface area (Å²) < 4.78 is 13.1. The van der Waals surface area contributed by atoms with Gasteiger partial charge in [-0.3, -0.25) is 19.7 Å². The van der Waals surface area contributed by atoms with Gasteiger partial charge in [0.25, 0.3) is 5.56 Å². The number of imidazole rings is 1. The van der Waals surface area contributed by atoms with E-state index in [1.165, 1.54) is 23.3 Å². The van der Waals surface area contributed by atoms with Crippen LogP contribution >= 0.6 is 23.2 Å². The molecule has 1 amide bonds. The molecule has 1 atom stereocenters. The number of aromatic amines is 1. The summed E-state index contributed by atoms with van der Waals surface area (Å²) in [5, 5.41) is 14.7. The summed E-state index contributed by atoms with van der Waals surface area (Å²) in [6, 6.07) is 9.62. The summed E-state index contributed by atoms with van der Waals surface area (Å²) in [6.45, 7) is 0.741. The van der Waals surface area contributed by atoms with Crippen LogP contribution < -0.4 is 10.9 Å². The van der Waals surface area contributed by atoms with Crippen LogP contribution in [0.4, 0.5) is 10.5 Å². The summed E-state index contributed by atoms with van der Waals surface area (Å²) in [4.78, 5) is 42.4. The lowest BCUT2D eigenvalue weighted by Gasteiger charge is -2.14. The quantitative estimate of drug-likeness (QED) is 0.228. The number of amides is 1. The normalized spacial score (nSPS) is 14.1. The third-order valence-corrected chi connectivity index (χ3v) is 7.29. The first-order chi connectivity index (χ1) is 20.9. The number of tetrazole rings is 1. The SMILES string of the molecule is COCCCOC(=O)Nc1ccc(-c2nc([C@@H]3CCc4nc(-c5cc(Cl)ccc5-n5cnnn5)cc(=O)n43)[nH]c2Cl)nc1. The van der Waals surface area contributed by atoms with Gasteiger partial charge in [0.2, 0.25) is 0 Å². The number of halogens is 2. The minimum absolute atomic E-state index is 0.239. The molecule has 5 aromatic rings. The molecule has 43 heavy (non-hydrogen) atoms. The lowest BCUT2D eigenvalue weighted by atomic mass is 10.1. The highest BCUT2D eigenvalue weighted by Crippen LogP contribution is 2.34. The fourth-order valence-electron chi connectivity index (χ4n) is 4.85. The summed E-state index contributed by atoms with van der Waals surface area (Å²) in [5.41, 5.74) is 2.82. The number of rotatable bonds is 9. The molecule has 5 heterocycles. The van der Waals surface area contributed by atoms with E-state index in [0.717, 1.165) is 0 Å². The van der Waals surface area contributed by atoms with Crippen molar-refractivity contribution in [3.63, 3.8) is 0 Å². The number of benzene rings is 1. The Bertz CT molecular complexity index is 1820. The lowest BCUT2D eigenvalue weighted by molar-refractivity contribution is 0.134. The zero-order valence-corrected chi connectivity index (χ0v) is 24.2. The maximum atomic E-state index is 13.5. The van der Waals surface area contributed by atoms with E-state index in [4.69, 9.17) is 37.7 Å².